The summed E-state index contributed by atoms with van der Waals surface area (Å²) in [6, 6.07) is 23.5. The highest BCUT2D eigenvalue weighted by atomic mass is 32.2. The Hall–Kier alpha value is -2.85. The van der Waals surface area contributed by atoms with Crippen molar-refractivity contribution in [2.45, 2.75) is 9.64 Å². The van der Waals surface area contributed by atoms with Crippen molar-refractivity contribution < 1.29 is 9.53 Å². The maximum Gasteiger partial charge on any atom is 0.190 e. The maximum atomic E-state index is 13.6. The van der Waals surface area contributed by atoms with Gasteiger partial charge in [0, 0.05) is 16.0 Å². The molecule has 0 fully saturated rings. The number of aliphatic imine (C=N–C) groups is 1. The third-order valence-corrected chi connectivity index (χ3v) is 6.39. The molecule has 3 nitrogen and oxygen atoms in total. The Morgan fingerprint density at radius 3 is 2.42 bits per heavy atom. The zero-order valence-electron chi connectivity index (χ0n) is 14.1. The van der Waals surface area contributed by atoms with Crippen LogP contribution in [0.1, 0.15) is 21.5 Å². The van der Waals surface area contributed by atoms with Gasteiger partial charge in [0.1, 0.15) is 5.75 Å². The van der Waals surface area contributed by atoms with Crippen LogP contribution in [0.15, 0.2) is 82.7 Å². The summed E-state index contributed by atoms with van der Waals surface area (Å²) in [4.78, 5) is 19.5. The first kappa shape index (κ1) is 15.4. The first-order valence-electron chi connectivity index (χ1n) is 8.40. The van der Waals surface area contributed by atoms with Crippen LogP contribution in [-0.2, 0) is 4.75 Å². The molecule has 3 aromatic carbocycles. The lowest BCUT2D eigenvalue weighted by molar-refractivity contribution is 0.0976. The molecule has 1 heterocycles. The molecule has 0 saturated heterocycles. The van der Waals surface area contributed by atoms with Crippen LogP contribution < -0.4 is 4.74 Å². The predicted molar refractivity (Wildman–Crippen MR) is 104 cm³/mol. The molecule has 0 bridgehead atoms. The Morgan fingerprint density at radius 1 is 0.923 bits per heavy atom. The normalized spacial score (nSPS) is 20.0. The van der Waals surface area contributed by atoms with Gasteiger partial charge in [0.2, 0.25) is 0 Å². The van der Waals surface area contributed by atoms with Crippen molar-refractivity contribution in [3.05, 3.63) is 89.5 Å². The van der Waals surface area contributed by atoms with E-state index in [2.05, 4.69) is 0 Å². The number of hydrogen-bond donors (Lipinski definition) is 0. The van der Waals surface area contributed by atoms with Crippen LogP contribution in [0.3, 0.4) is 0 Å². The molecule has 0 saturated carbocycles. The van der Waals surface area contributed by atoms with Gasteiger partial charge in [0.05, 0.1) is 18.5 Å². The maximum absolute atomic E-state index is 13.6. The molecule has 1 unspecified atom stereocenters. The highest BCUT2D eigenvalue weighted by Gasteiger charge is 2.54. The van der Waals surface area contributed by atoms with E-state index in [4.69, 9.17) is 9.73 Å². The standard InChI is InChI=1S/C22H15NO2S/c1-25-15-11-12-18-19(13-15)26-22(14-7-3-2-4-8-14)20(23-18)16-9-5-6-10-17(16)21(22)24/h2-13H,1H3. The molecule has 0 radical (unpaired) electrons. The number of fused-ring (bicyclic) bond motifs is 4. The minimum Gasteiger partial charge on any atom is -0.497 e. The predicted octanol–water partition coefficient (Wildman–Crippen LogP) is 5.01. The molecule has 5 rings (SSSR count). The van der Waals surface area contributed by atoms with E-state index in [-0.39, 0.29) is 5.78 Å². The van der Waals surface area contributed by atoms with E-state index < -0.39 is 4.75 Å². The monoisotopic (exact) mass is 357 g/mol. The fourth-order valence-electron chi connectivity index (χ4n) is 3.69. The van der Waals surface area contributed by atoms with E-state index >= 15 is 0 Å². The molecule has 126 valence electrons. The van der Waals surface area contributed by atoms with Crippen LogP contribution in [0.2, 0.25) is 0 Å². The molecule has 1 aliphatic heterocycles. The summed E-state index contributed by atoms with van der Waals surface area (Å²) in [6.45, 7) is 0. The summed E-state index contributed by atoms with van der Waals surface area (Å²) in [5, 5.41) is 0. The van der Waals surface area contributed by atoms with Crippen LogP contribution in [0, 0.1) is 0 Å². The van der Waals surface area contributed by atoms with Crippen molar-refractivity contribution in [3.8, 4) is 5.75 Å². The Balaban J connectivity index is 1.82. The molecule has 0 N–H and O–H groups in total. The second-order valence-corrected chi connectivity index (χ2v) is 7.57. The Bertz CT molecular complexity index is 1070. The summed E-state index contributed by atoms with van der Waals surface area (Å²) in [5.41, 5.74) is 4.32. The van der Waals surface area contributed by atoms with Crippen LogP contribution >= 0.6 is 11.8 Å². The van der Waals surface area contributed by atoms with Crippen molar-refractivity contribution >= 4 is 28.9 Å². The van der Waals surface area contributed by atoms with Crippen LogP contribution in [0.4, 0.5) is 5.69 Å². The zero-order chi connectivity index (χ0) is 17.7. The molecular weight excluding hydrogens is 342 g/mol. The number of thioether (sulfide) groups is 1. The fraction of sp³-hybridized carbons (Fsp3) is 0.0909. The van der Waals surface area contributed by atoms with Gasteiger partial charge in [-0.15, -0.1) is 0 Å². The molecule has 26 heavy (non-hydrogen) atoms. The lowest BCUT2D eigenvalue weighted by Gasteiger charge is -2.32. The van der Waals surface area contributed by atoms with Gasteiger partial charge >= 0.3 is 0 Å². The van der Waals surface area contributed by atoms with Crippen molar-refractivity contribution in [1.82, 2.24) is 0 Å². The summed E-state index contributed by atoms with van der Waals surface area (Å²) in [5.74, 6) is 0.859. The Labute approximate surface area is 155 Å². The molecule has 1 atom stereocenters. The molecular formula is C22H15NO2S. The van der Waals surface area contributed by atoms with E-state index in [1.807, 2.05) is 72.8 Å². The molecule has 0 aromatic heterocycles. The molecule has 2 aliphatic rings. The van der Waals surface area contributed by atoms with E-state index in [1.165, 1.54) is 0 Å². The smallest absolute Gasteiger partial charge is 0.190 e. The Kier molecular flexibility index (Phi) is 3.31. The highest BCUT2D eigenvalue weighted by Crippen LogP contribution is 2.56. The van der Waals surface area contributed by atoms with Crippen molar-refractivity contribution in [2.75, 3.05) is 7.11 Å². The molecule has 4 heteroatoms. The summed E-state index contributed by atoms with van der Waals surface area (Å²) in [6.07, 6.45) is 0. The van der Waals surface area contributed by atoms with E-state index in [1.54, 1.807) is 18.9 Å². The third kappa shape index (κ3) is 1.96. The molecule has 1 aliphatic carbocycles. The average Bonchev–Trinajstić information content (AvgIpc) is 2.96. The van der Waals surface area contributed by atoms with E-state index in [0.717, 1.165) is 38.7 Å². The van der Waals surface area contributed by atoms with E-state index in [9.17, 15) is 4.79 Å². The van der Waals surface area contributed by atoms with Crippen molar-refractivity contribution in [3.63, 3.8) is 0 Å². The van der Waals surface area contributed by atoms with Gasteiger partial charge in [0.25, 0.3) is 0 Å². The van der Waals surface area contributed by atoms with Gasteiger partial charge in [-0.25, -0.2) is 4.99 Å². The second kappa shape index (κ2) is 5.58. The van der Waals surface area contributed by atoms with Gasteiger partial charge in [0.15, 0.2) is 10.5 Å². The first-order valence-corrected chi connectivity index (χ1v) is 9.21. The lowest BCUT2D eigenvalue weighted by Crippen LogP contribution is -2.36. The zero-order valence-corrected chi connectivity index (χ0v) is 14.9. The fourth-order valence-corrected chi connectivity index (χ4v) is 5.12. The van der Waals surface area contributed by atoms with Gasteiger partial charge < -0.3 is 4.74 Å². The van der Waals surface area contributed by atoms with Gasteiger partial charge in [-0.2, -0.15) is 0 Å². The average molecular weight is 357 g/mol. The van der Waals surface area contributed by atoms with Gasteiger partial charge in [-0.3, -0.25) is 4.79 Å². The van der Waals surface area contributed by atoms with Gasteiger partial charge in [-0.1, -0.05) is 66.4 Å². The minimum atomic E-state index is -0.843. The summed E-state index contributed by atoms with van der Waals surface area (Å²) < 4.78 is 4.53. The van der Waals surface area contributed by atoms with Crippen LogP contribution in [0.5, 0.6) is 5.75 Å². The minimum absolute atomic E-state index is 0.0940. The number of ether oxygens (including phenoxy) is 1. The van der Waals surface area contributed by atoms with E-state index in [0.29, 0.717) is 0 Å². The Morgan fingerprint density at radius 2 is 1.65 bits per heavy atom. The number of Topliss-reactive ketones (excluding diaryl/α,β-unsaturated/α-hetero) is 1. The number of carbonyl (C=O) groups excluding carboxylic acids is 1. The number of methoxy groups -OCH3 is 1. The quantitative estimate of drug-likeness (QED) is 0.647. The second-order valence-electron chi connectivity index (χ2n) is 6.32. The number of carbonyl (C=O) groups is 1. The SMILES string of the molecule is COc1ccc2c(c1)SC1(c3ccccc3)C(=O)c3ccccc3C1=N2. The topological polar surface area (TPSA) is 38.7 Å². The summed E-state index contributed by atoms with van der Waals surface area (Å²) >= 11 is 1.56. The summed E-state index contributed by atoms with van der Waals surface area (Å²) in [7, 11) is 1.65. The lowest BCUT2D eigenvalue weighted by atomic mass is 9.92. The molecule has 3 aromatic rings. The molecule has 0 spiro atoms. The number of benzene rings is 3. The largest absolute Gasteiger partial charge is 0.497 e. The first-order chi connectivity index (χ1) is 12.7. The van der Waals surface area contributed by atoms with Crippen molar-refractivity contribution in [1.29, 1.82) is 0 Å². The molecule has 0 amide bonds. The number of rotatable bonds is 2. The van der Waals surface area contributed by atoms with Crippen LogP contribution in [0.25, 0.3) is 0 Å². The number of hydrogen-bond acceptors (Lipinski definition) is 4. The number of nitrogens with zero attached hydrogens (tertiary/aromatic N) is 1. The van der Waals surface area contributed by atoms with Crippen LogP contribution in [-0.4, -0.2) is 18.6 Å². The van der Waals surface area contributed by atoms with Crippen molar-refractivity contribution in [2.24, 2.45) is 4.99 Å². The third-order valence-electron chi connectivity index (χ3n) is 4.92. The number of ketones is 1. The van der Waals surface area contributed by atoms with Gasteiger partial charge in [-0.05, 0) is 23.8 Å². The highest BCUT2D eigenvalue weighted by molar-refractivity contribution is 8.02.